The molecule has 0 unspecified atom stereocenters. The third kappa shape index (κ3) is 4.90. The molecule has 2 atom stereocenters. The van der Waals surface area contributed by atoms with Crippen molar-refractivity contribution in [3.8, 4) is 0 Å². The number of Topliss-reactive ketones (excluding diaryl/α,β-unsaturated/α-hetero) is 1. The summed E-state index contributed by atoms with van der Waals surface area (Å²) in [6.07, 6.45) is -0.156. The van der Waals surface area contributed by atoms with E-state index in [-0.39, 0.29) is 18.0 Å². The van der Waals surface area contributed by atoms with Gasteiger partial charge in [-0.25, -0.2) is 0 Å². The Balaban J connectivity index is 1.83. The van der Waals surface area contributed by atoms with Crippen LogP contribution in [0.3, 0.4) is 0 Å². The number of ketones is 1. The summed E-state index contributed by atoms with van der Waals surface area (Å²) in [4.78, 5) is 12.7. The molecule has 2 rings (SSSR count). The summed E-state index contributed by atoms with van der Waals surface area (Å²) in [7, 11) is -1.24. The minimum absolute atomic E-state index is 0.000711. The predicted octanol–water partition coefficient (Wildman–Crippen LogP) is 3.13. The second kappa shape index (κ2) is 8.01. The van der Waals surface area contributed by atoms with Crippen molar-refractivity contribution in [3.05, 3.63) is 65.7 Å². The quantitative estimate of drug-likeness (QED) is 0.799. The lowest BCUT2D eigenvalue weighted by Crippen LogP contribution is -2.18. The summed E-state index contributed by atoms with van der Waals surface area (Å²) in [5, 5.41) is 9.99. The van der Waals surface area contributed by atoms with E-state index in [0.29, 0.717) is 16.9 Å². The van der Waals surface area contributed by atoms with Gasteiger partial charge in [-0.2, -0.15) is 0 Å². The van der Waals surface area contributed by atoms with Crippen LogP contribution in [0.4, 0.5) is 0 Å². The zero-order valence-electron chi connectivity index (χ0n) is 12.6. The Hall–Kier alpha value is -1.78. The lowest BCUT2D eigenvalue weighted by Gasteiger charge is -2.10. The molecular weight excluding hydrogens is 296 g/mol. The fraction of sp³-hybridized carbons (Fsp3) is 0.278. The van der Waals surface area contributed by atoms with Crippen molar-refractivity contribution >= 4 is 16.6 Å². The van der Waals surface area contributed by atoms with Crippen molar-refractivity contribution in [2.75, 3.05) is 5.75 Å². The normalized spacial score (nSPS) is 13.5. The van der Waals surface area contributed by atoms with Crippen LogP contribution in [0.15, 0.2) is 59.5 Å². The van der Waals surface area contributed by atoms with Gasteiger partial charge in [0.05, 0.1) is 22.7 Å². The molecule has 3 nitrogen and oxygen atoms in total. The third-order valence-corrected chi connectivity index (χ3v) is 4.91. The van der Waals surface area contributed by atoms with E-state index in [9.17, 15) is 14.1 Å². The first-order valence-electron chi connectivity index (χ1n) is 7.27. The SMILES string of the molecule is Cc1ccc([S@](=O)C[C@H](O)CCC(=O)c2ccccc2)cc1. The van der Waals surface area contributed by atoms with Crippen LogP contribution in [-0.2, 0) is 10.8 Å². The number of rotatable bonds is 7. The zero-order chi connectivity index (χ0) is 15.9. The highest BCUT2D eigenvalue weighted by Crippen LogP contribution is 2.12. The molecule has 0 aliphatic carbocycles. The van der Waals surface area contributed by atoms with Crippen molar-refractivity contribution in [3.63, 3.8) is 0 Å². The molecular formula is C18H20O3S. The molecule has 0 radical (unpaired) electrons. The number of carbonyl (C=O) groups excluding carboxylic acids is 1. The summed E-state index contributed by atoms with van der Waals surface area (Å²) < 4.78 is 12.1. The van der Waals surface area contributed by atoms with Crippen LogP contribution in [0.5, 0.6) is 0 Å². The molecule has 0 fully saturated rings. The molecule has 0 bridgehead atoms. The van der Waals surface area contributed by atoms with Gasteiger partial charge in [0.25, 0.3) is 0 Å². The van der Waals surface area contributed by atoms with Gasteiger partial charge < -0.3 is 5.11 Å². The Bertz CT molecular complexity index is 635. The third-order valence-electron chi connectivity index (χ3n) is 3.43. The number of aryl methyl sites for hydroxylation is 1. The van der Waals surface area contributed by atoms with E-state index in [4.69, 9.17) is 0 Å². The number of hydrogen-bond donors (Lipinski definition) is 1. The van der Waals surface area contributed by atoms with Gasteiger partial charge in [0, 0.05) is 16.9 Å². The minimum atomic E-state index is -1.24. The van der Waals surface area contributed by atoms with E-state index in [1.54, 1.807) is 12.1 Å². The van der Waals surface area contributed by atoms with Gasteiger partial charge in [-0.1, -0.05) is 48.0 Å². The molecule has 2 aromatic carbocycles. The maximum atomic E-state index is 12.1. The Morgan fingerprint density at radius 2 is 1.73 bits per heavy atom. The second-order valence-corrected chi connectivity index (χ2v) is 6.80. The monoisotopic (exact) mass is 316 g/mol. The Morgan fingerprint density at radius 3 is 2.36 bits per heavy atom. The van der Waals surface area contributed by atoms with Crippen LogP contribution in [0, 0.1) is 6.92 Å². The Kier molecular flexibility index (Phi) is 6.04. The molecule has 0 spiro atoms. The molecule has 0 heterocycles. The molecule has 116 valence electrons. The van der Waals surface area contributed by atoms with Gasteiger partial charge in [0.1, 0.15) is 0 Å². The van der Waals surface area contributed by atoms with Crippen LogP contribution >= 0.6 is 0 Å². The molecule has 0 aliphatic heterocycles. The van der Waals surface area contributed by atoms with Crippen molar-refractivity contribution < 1.29 is 14.1 Å². The fourth-order valence-corrected chi connectivity index (χ4v) is 3.26. The molecule has 0 aliphatic rings. The standard InChI is InChI=1S/C18H20O3S/c1-14-7-10-17(11-8-14)22(21)13-16(19)9-12-18(20)15-5-3-2-4-6-15/h2-8,10-11,16,19H,9,12-13H2,1H3/t16-,22-/m1/s1. The highest BCUT2D eigenvalue weighted by molar-refractivity contribution is 7.85. The lowest BCUT2D eigenvalue weighted by molar-refractivity contribution is 0.0951. The van der Waals surface area contributed by atoms with Gasteiger partial charge in [-0.05, 0) is 25.5 Å². The molecule has 0 amide bonds. The Labute approximate surface area is 133 Å². The van der Waals surface area contributed by atoms with E-state index in [0.717, 1.165) is 5.56 Å². The maximum absolute atomic E-state index is 12.1. The highest BCUT2D eigenvalue weighted by Gasteiger charge is 2.14. The summed E-state index contributed by atoms with van der Waals surface area (Å²) in [5.41, 5.74) is 1.75. The lowest BCUT2D eigenvalue weighted by atomic mass is 10.1. The number of aliphatic hydroxyl groups is 1. The zero-order valence-corrected chi connectivity index (χ0v) is 13.4. The first kappa shape index (κ1) is 16.6. The summed E-state index contributed by atoms with van der Waals surface area (Å²) in [6, 6.07) is 16.4. The van der Waals surface area contributed by atoms with E-state index in [1.807, 2.05) is 49.4 Å². The van der Waals surface area contributed by atoms with Crippen LogP contribution in [0.2, 0.25) is 0 Å². The Morgan fingerprint density at radius 1 is 1.09 bits per heavy atom. The topological polar surface area (TPSA) is 54.4 Å². The van der Waals surface area contributed by atoms with Crippen LogP contribution < -0.4 is 0 Å². The van der Waals surface area contributed by atoms with Crippen molar-refractivity contribution in [2.24, 2.45) is 0 Å². The fourth-order valence-electron chi connectivity index (χ4n) is 2.11. The van der Waals surface area contributed by atoms with Crippen LogP contribution in [-0.4, -0.2) is 27.0 Å². The summed E-state index contributed by atoms with van der Waals surface area (Å²) in [5.74, 6) is 0.159. The number of carbonyl (C=O) groups is 1. The van der Waals surface area contributed by atoms with E-state index < -0.39 is 16.9 Å². The largest absolute Gasteiger partial charge is 0.392 e. The first-order valence-corrected chi connectivity index (χ1v) is 8.59. The van der Waals surface area contributed by atoms with Crippen molar-refractivity contribution in [1.29, 1.82) is 0 Å². The molecule has 1 N–H and O–H groups in total. The summed E-state index contributed by atoms with van der Waals surface area (Å²) in [6.45, 7) is 1.97. The molecule has 4 heteroatoms. The van der Waals surface area contributed by atoms with Gasteiger partial charge in [0.15, 0.2) is 5.78 Å². The van der Waals surface area contributed by atoms with Gasteiger partial charge >= 0.3 is 0 Å². The van der Waals surface area contributed by atoms with E-state index in [2.05, 4.69) is 0 Å². The predicted molar refractivity (Wildman–Crippen MR) is 88.5 cm³/mol. The van der Waals surface area contributed by atoms with E-state index in [1.165, 1.54) is 0 Å². The van der Waals surface area contributed by atoms with Gasteiger partial charge in [-0.15, -0.1) is 0 Å². The van der Waals surface area contributed by atoms with Crippen molar-refractivity contribution in [2.45, 2.75) is 30.8 Å². The number of hydrogen-bond acceptors (Lipinski definition) is 3. The average Bonchev–Trinajstić information content (AvgIpc) is 2.54. The smallest absolute Gasteiger partial charge is 0.162 e. The molecule has 0 aromatic heterocycles. The molecule has 0 saturated carbocycles. The van der Waals surface area contributed by atoms with Crippen LogP contribution in [0.1, 0.15) is 28.8 Å². The average molecular weight is 316 g/mol. The first-order chi connectivity index (χ1) is 10.6. The molecule has 2 aromatic rings. The maximum Gasteiger partial charge on any atom is 0.162 e. The van der Waals surface area contributed by atoms with Crippen LogP contribution in [0.25, 0.3) is 0 Å². The minimum Gasteiger partial charge on any atom is -0.392 e. The van der Waals surface area contributed by atoms with Gasteiger partial charge in [0.2, 0.25) is 0 Å². The molecule has 22 heavy (non-hydrogen) atoms. The summed E-state index contributed by atoms with van der Waals surface area (Å²) >= 11 is 0. The molecule has 0 saturated heterocycles. The van der Waals surface area contributed by atoms with Gasteiger partial charge in [-0.3, -0.25) is 9.00 Å². The van der Waals surface area contributed by atoms with E-state index >= 15 is 0 Å². The van der Waals surface area contributed by atoms with Crippen molar-refractivity contribution in [1.82, 2.24) is 0 Å². The number of benzene rings is 2. The second-order valence-electron chi connectivity index (χ2n) is 5.31. The number of aliphatic hydroxyl groups excluding tert-OH is 1. The highest BCUT2D eigenvalue weighted by atomic mass is 32.2.